The summed E-state index contributed by atoms with van der Waals surface area (Å²) in [5, 5.41) is 3.29. The van der Waals surface area contributed by atoms with E-state index in [1.54, 1.807) is 12.1 Å². The van der Waals surface area contributed by atoms with E-state index in [1.165, 1.54) is 5.57 Å². The van der Waals surface area contributed by atoms with Gasteiger partial charge in [-0.1, -0.05) is 41.5 Å². The molecule has 0 bridgehead atoms. The zero-order valence-electron chi connectivity index (χ0n) is 13.7. The third-order valence-corrected chi connectivity index (χ3v) is 5.34. The van der Waals surface area contributed by atoms with Crippen LogP contribution < -0.4 is 10.0 Å². The quantitative estimate of drug-likeness (QED) is 0.539. The zero-order valence-corrected chi connectivity index (χ0v) is 14.5. The standard InChI is InChI=1S/C18H26N2O2S/c1-16-9-11-18(12-10-16)23(21,22)20-15-14-19-13-5-8-17-6-3-2-4-7-17/h2-3,7,9-12,19-20H,4-6,8,13-15H2,1H3. The number of nitrogens with one attached hydrogen (secondary N) is 2. The summed E-state index contributed by atoms with van der Waals surface area (Å²) >= 11 is 0. The van der Waals surface area contributed by atoms with Crippen molar-refractivity contribution < 1.29 is 8.42 Å². The van der Waals surface area contributed by atoms with Crippen molar-refractivity contribution in [1.82, 2.24) is 10.0 Å². The van der Waals surface area contributed by atoms with E-state index >= 15 is 0 Å². The van der Waals surface area contributed by atoms with Gasteiger partial charge in [-0.05, 0) is 51.3 Å². The van der Waals surface area contributed by atoms with E-state index in [9.17, 15) is 8.42 Å². The van der Waals surface area contributed by atoms with Gasteiger partial charge in [0.25, 0.3) is 0 Å². The van der Waals surface area contributed by atoms with Crippen molar-refractivity contribution in [2.24, 2.45) is 0 Å². The van der Waals surface area contributed by atoms with Crippen LogP contribution in [0.25, 0.3) is 0 Å². The van der Waals surface area contributed by atoms with Crippen LogP contribution in [0.3, 0.4) is 0 Å². The second-order valence-electron chi connectivity index (χ2n) is 5.84. The Kier molecular flexibility index (Phi) is 7.02. The first kappa shape index (κ1) is 17.9. The van der Waals surface area contributed by atoms with Crippen LogP contribution in [0.4, 0.5) is 0 Å². The summed E-state index contributed by atoms with van der Waals surface area (Å²) in [6.45, 7) is 3.90. The fourth-order valence-corrected chi connectivity index (χ4v) is 3.52. The van der Waals surface area contributed by atoms with Gasteiger partial charge in [-0.2, -0.15) is 0 Å². The Morgan fingerprint density at radius 1 is 1.04 bits per heavy atom. The molecule has 0 saturated carbocycles. The minimum absolute atomic E-state index is 0.320. The van der Waals surface area contributed by atoms with E-state index < -0.39 is 10.0 Å². The van der Waals surface area contributed by atoms with E-state index in [1.807, 2.05) is 19.1 Å². The molecule has 2 N–H and O–H groups in total. The maximum absolute atomic E-state index is 12.1. The monoisotopic (exact) mass is 334 g/mol. The van der Waals surface area contributed by atoms with Gasteiger partial charge in [0.1, 0.15) is 0 Å². The predicted molar refractivity (Wildman–Crippen MR) is 94.9 cm³/mol. The number of allylic oxidation sites excluding steroid dienone is 4. The molecular weight excluding hydrogens is 308 g/mol. The Hall–Kier alpha value is -1.43. The van der Waals surface area contributed by atoms with Gasteiger partial charge >= 0.3 is 0 Å². The Morgan fingerprint density at radius 3 is 2.52 bits per heavy atom. The maximum atomic E-state index is 12.1. The van der Waals surface area contributed by atoms with Crippen LogP contribution >= 0.6 is 0 Å². The van der Waals surface area contributed by atoms with Gasteiger partial charge in [0.15, 0.2) is 0 Å². The second kappa shape index (κ2) is 9.01. The Bertz CT molecular complexity index is 646. The third-order valence-electron chi connectivity index (χ3n) is 3.87. The van der Waals surface area contributed by atoms with Gasteiger partial charge in [-0.3, -0.25) is 0 Å². The van der Waals surface area contributed by atoms with Crippen molar-refractivity contribution in [3.63, 3.8) is 0 Å². The average Bonchev–Trinajstić information content (AvgIpc) is 2.55. The minimum Gasteiger partial charge on any atom is -0.315 e. The molecule has 0 fully saturated rings. The van der Waals surface area contributed by atoms with Crippen LogP contribution in [0, 0.1) is 6.92 Å². The minimum atomic E-state index is -3.39. The maximum Gasteiger partial charge on any atom is 0.240 e. The first-order chi connectivity index (χ1) is 11.1. The Labute approximate surface area is 139 Å². The number of hydrogen-bond acceptors (Lipinski definition) is 3. The highest BCUT2D eigenvalue weighted by Gasteiger charge is 2.12. The van der Waals surface area contributed by atoms with Crippen LogP contribution in [0.2, 0.25) is 0 Å². The van der Waals surface area contributed by atoms with Gasteiger partial charge in [0.05, 0.1) is 4.90 Å². The number of sulfonamides is 1. The van der Waals surface area contributed by atoms with Crippen molar-refractivity contribution in [2.75, 3.05) is 19.6 Å². The molecule has 4 nitrogen and oxygen atoms in total. The number of benzene rings is 1. The highest BCUT2D eigenvalue weighted by Crippen LogP contribution is 2.15. The second-order valence-corrected chi connectivity index (χ2v) is 7.60. The van der Waals surface area contributed by atoms with Crippen LogP contribution in [0.5, 0.6) is 0 Å². The summed E-state index contributed by atoms with van der Waals surface area (Å²) in [6.07, 6.45) is 11.1. The Balaban J connectivity index is 1.59. The first-order valence-electron chi connectivity index (χ1n) is 8.18. The van der Waals surface area contributed by atoms with Gasteiger partial charge in [0.2, 0.25) is 10.0 Å². The molecule has 0 heterocycles. The summed E-state index contributed by atoms with van der Waals surface area (Å²) in [4.78, 5) is 0.320. The van der Waals surface area contributed by atoms with Crippen LogP contribution in [-0.4, -0.2) is 28.1 Å². The van der Waals surface area contributed by atoms with Crippen LogP contribution in [0.15, 0.2) is 53.0 Å². The summed E-state index contributed by atoms with van der Waals surface area (Å²) < 4.78 is 26.8. The topological polar surface area (TPSA) is 58.2 Å². The first-order valence-corrected chi connectivity index (χ1v) is 9.66. The lowest BCUT2D eigenvalue weighted by atomic mass is 10.0. The molecule has 0 saturated heterocycles. The molecule has 23 heavy (non-hydrogen) atoms. The van der Waals surface area contributed by atoms with Gasteiger partial charge in [-0.25, -0.2) is 13.1 Å². The molecule has 1 aliphatic rings. The van der Waals surface area contributed by atoms with Crippen molar-refractivity contribution in [3.8, 4) is 0 Å². The molecule has 0 aliphatic heterocycles. The summed E-state index contributed by atoms with van der Waals surface area (Å²) in [5.41, 5.74) is 2.56. The van der Waals surface area contributed by atoms with E-state index in [4.69, 9.17) is 0 Å². The van der Waals surface area contributed by atoms with E-state index in [0.717, 1.165) is 37.8 Å². The zero-order chi connectivity index (χ0) is 16.5. The molecular formula is C18H26N2O2S. The molecule has 0 radical (unpaired) electrons. The average molecular weight is 334 g/mol. The Morgan fingerprint density at radius 2 is 1.83 bits per heavy atom. The number of hydrogen-bond donors (Lipinski definition) is 2. The van der Waals surface area contributed by atoms with Gasteiger partial charge < -0.3 is 5.32 Å². The molecule has 0 atom stereocenters. The molecule has 1 aromatic carbocycles. The van der Waals surface area contributed by atoms with E-state index in [2.05, 4.69) is 28.3 Å². The lowest BCUT2D eigenvalue weighted by Gasteiger charge is -2.10. The normalized spacial score (nSPS) is 14.7. The van der Waals surface area contributed by atoms with Crippen molar-refractivity contribution >= 4 is 10.0 Å². The highest BCUT2D eigenvalue weighted by atomic mass is 32.2. The molecule has 126 valence electrons. The summed E-state index contributed by atoms with van der Waals surface area (Å²) in [7, 11) is -3.39. The van der Waals surface area contributed by atoms with Crippen molar-refractivity contribution in [1.29, 1.82) is 0 Å². The predicted octanol–water partition coefficient (Wildman–Crippen LogP) is 2.92. The molecule has 2 rings (SSSR count). The number of aryl methyl sites for hydroxylation is 1. The van der Waals surface area contributed by atoms with Crippen molar-refractivity contribution in [3.05, 3.63) is 53.6 Å². The lowest BCUT2D eigenvalue weighted by Crippen LogP contribution is -2.32. The SMILES string of the molecule is Cc1ccc(S(=O)(=O)NCCNCCCC2=CCC=CC2)cc1. The molecule has 0 spiro atoms. The lowest BCUT2D eigenvalue weighted by molar-refractivity contribution is 0.573. The van der Waals surface area contributed by atoms with Crippen LogP contribution in [-0.2, 0) is 10.0 Å². The molecule has 0 aromatic heterocycles. The summed E-state index contributed by atoms with van der Waals surface area (Å²) in [6, 6.07) is 6.89. The largest absolute Gasteiger partial charge is 0.315 e. The van der Waals surface area contributed by atoms with E-state index in [-0.39, 0.29) is 0 Å². The smallest absolute Gasteiger partial charge is 0.240 e. The molecule has 1 aromatic rings. The van der Waals surface area contributed by atoms with Crippen molar-refractivity contribution in [2.45, 2.75) is 37.5 Å². The van der Waals surface area contributed by atoms with Gasteiger partial charge in [-0.15, -0.1) is 0 Å². The van der Waals surface area contributed by atoms with E-state index in [0.29, 0.717) is 18.0 Å². The fraction of sp³-hybridized carbons (Fsp3) is 0.444. The number of rotatable bonds is 9. The molecule has 1 aliphatic carbocycles. The fourth-order valence-electron chi connectivity index (χ4n) is 2.49. The third kappa shape index (κ3) is 6.29. The molecule has 0 amide bonds. The highest BCUT2D eigenvalue weighted by molar-refractivity contribution is 7.89. The van der Waals surface area contributed by atoms with Crippen LogP contribution in [0.1, 0.15) is 31.2 Å². The molecule has 0 unspecified atom stereocenters. The molecule has 5 heteroatoms. The summed E-state index contributed by atoms with van der Waals surface area (Å²) in [5.74, 6) is 0. The van der Waals surface area contributed by atoms with Gasteiger partial charge in [0, 0.05) is 13.1 Å².